The Morgan fingerprint density at radius 3 is 2.53 bits per heavy atom. The summed E-state index contributed by atoms with van der Waals surface area (Å²) in [7, 11) is 1.52. The van der Waals surface area contributed by atoms with E-state index in [1.165, 1.54) is 14.0 Å². The zero-order valence-corrected chi connectivity index (χ0v) is 18.2. The summed E-state index contributed by atoms with van der Waals surface area (Å²) in [6.45, 7) is 8.45. The minimum atomic E-state index is -0.297. The van der Waals surface area contributed by atoms with Crippen LogP contribution in [0.25, 0.3) is 0 Å². The number of carbonyl (C=O) groups is 3. The molecule has 1 aromatic carbocycles. The molecule has 1 aliphatic rings. The molecule has 9 heteroatoms. The molecule has 0 aliphatic carbocycles. The summed E-state index contributed by atoms with van der Waals surface area (Å²) in [4.78, 5) is 39.7. The number of benzene rings is 1. The Balaban J connectivity index is 1.90. The fourth-order valence-electron chi connectivity index (χ4n) is 3.12. The lowest BCUT2D eigenvalue weighted by molar-refractivity contribution is -0.117. The van der Waals surface area contributed by atoms with E-state index in [0.717, 1.165) is 6.42 Å². The summed E-state index contributed by atoms with van der Waals surface area (Å²) in [5.74, 6) is 0.414. The molecule has 0 radical (unpaired) electrons. The first-order valence-corrected chi connectivity index (χ1v) is 10.2. The number of methoxy groups -OCH3 is 1. The van der Waals surface area contributed by atoms with Crippen molar-refractivity contribution in [1.82, 2.24) is 9.80 Å². The number of amides is 3. The van der Waals surface area contributed by atoms with Crippen molar-refractivity contribution < 1.29 is 23.9 Å². The van der Waals surface area contributed by atoms with Gasteiger partial charge in [0.15, 0.2) is 0 Å². The Bertz CT molecular complexity index is 753. The minimum Gasteiger partial charge on any atom is -0.495 e. The Hall–Kier alpha value is -2.81. The van der Waals surface area contributed by atoms with E-state index >= 15 is 0 Å². The summed E-state index contributed by atoms with van der Waals surface area (Å²) in [6, 6.07) is 5.05. The van der Waals surface area contributed by atoms with Crippen molar-refractivity contribution in [2.45, 2.75) is 27.2 Å². The molecular weight excluding hydrogens is 388 g/mol. The van der Waals surface area contributed by atoms with Crippen molar-refractivity contribution >= 4 is 29.3 Å². The number of carbonyl (C=O) groups excluding carboxylic acids is 3. The van der Waals surface area contributed by atoms with Gasteiger partial charge in [-0.2, -0.15) is 0 Å². The summed E-state index contributed by atoms with van der Waals surface area (Å²) >= 11 is 0. The molecule has 0 atom stereocenters. The topological polar surface area (TPSA) is 100 Å². The van der Waals surface area contributed by atoms with Gasteiger partial charge in [-0.3, -0.25) is 14.5 Å². The van der Waals surface area contributed by atoms with Crippen molar-refractivity contribution in [1.29, 1.82) is 0 Å². The second kappa shape index (κ2) is 11.4. The van der Waals surface area contributed by atoms with E-state index in [4.69, 9.17) is 9.47 Å². The van der Waals surface area contributed by atoms with Gasteiger partial charge in [0.05, 0.1) is 25.9 Å². The highest BCUT2D eigenvalue weighted by molar-refractivity contribution is 5.95. The lowest BCUT2D eigenvalue weighted by atomic mass is 10.2. The van der Waals surface area contributed by atoms with Crippen LogP contribution >= 0.6 is 0 Å². The lowest BCUT2D eigenvalue weighted by Gasteiger charge is -2.22. The van der Waals surface area contributed by atoms with Crippen LogP contribution in [0.5, 0.6) is 5.75 Å². The van der Waals surface area contributed by atoms with Crippen molar-refractivity contribution in [3.63, 3.8) is 0 Å². The lowest BCUT2D eigenvalue weighted by Crippen LogP contribution is -2.38. The number of nitrogens with zero attached hydrogens (tertiary/aromatic N) is 2. The Morgan fingerprint density at radius 1 is 1.10 bits per heavy atom. The van der Waals surface area contributed by atoms with Crippen molar-refractivity contribution in [3.8, 4) is 5.75 Å². The smallest absolute Gasteiger partial charge is 0.409 e. The second-order valence-electron chi connectivity index (χ2n) is 7.73. The van der Waals surface area contributed by atoms with Crippen LogP contribution in [0, 0.1) is 5.92 Å². The van der Waals surface area contributed by atoms with Gasteiger partial charge in [0.2, 0.25) is 11.8 Å². The Morgan fingerprint density at radius 2 is 1.87 bits per heavy atom. The maximum atomic E-state index is 12.6. The van der Waals surface area contributed by atoms with Crippen molar-refractivity contribution in [3.05, 3.63) is 18.2 Å². The van der Waals surface area contributed by atoms with Gasteiger partial charge in [0, 0.05) is 38.8 Å². The van der Waals surface area contributed by atoms with Crippen molar-refractivity contribution in [2.24, 2.45) is 5.92 Å². The van der Waals surface area contributed by atoms with Crippen LogP contribution in [0.3, 0.4) is 0 Å². The van der Waals surface area contributed by atoms with Gasteiger partial charge in [-0.05, 0) is 30.5 Å². The van der Waals surface area contributed by atoms with Gasteiger partial charge < -0.3 is 25.0 Å². The van der Waals surface area contributed by atoms with E-state index in [9.17, 15) is 14.4 Å². The summed E-state index contributed by atoms with van der Waals surface area (Å²) in [5, 5.41) is 5.53. The van der Waals surface area contributed by atoms with Crippen molar-refractivity contribution in [2.75, 3.05) is 57.1 Å². The molecule has 166 valence electrons. The van der Waals surface area contributed by atoms with E-state index in [-0.39, 0.29) is 24.5 Å². The van der Waals surface area contributed by atoms with Crippen LogP contribution in [-0.2, 0) is 14.3 Å². The first-order chi connectivity index (χ1) is 14.3. The maximum Gasteiger partial charge on any atom is 0.409 e. The second-order valence-corrected chi connectivity index (χ2v) is 7.73. The van der Waals surface area contributed by atoms with Crippen LogP contribution in [0.15, 0.2) is 18.2 Å². The normalized spacial score (nSPS) is 14.8. The van der Waals surface area contributed by atoms with E-state index < -0.39 is 0 Å². The van der Waals surface area contributed by atoms with E-state index in [0.29, 0.717) is 55.8 Å². The minimum absolute atomic E-state index is 0.191. The molecule has 1 saturated heterocycles. The highest BCUT2D eigenvalue weighted by Crippen LogP contribution is 2.27. The first-order valence-electron chi connectivity index (χ1n) is 10.2. The number of nitrogens with one attached hydrogen (secondary N) is 2. The van der Waals surface area contributed by atoms with Crippen LogP contribution in [0.2, 0.25) is 0 Å². The molecule has 9 nitrogen and oxygen atoms in total. The predicted octanol–water partition coefficient (Wildman–Crippen LogP) is 2.39. The highest BCUT2D eigenvalue weighted by Gasteiger charge is 2.22. The van der Waals surface area contributed by atoms with Gasteiger partial charge in [-0.1, -0.05) is 13.8 Å². The molecular formula is C21H32N4O5. The number of ether oxygens (including phenoxy) is 2. The van der Waals surface area contributed by atoms with Crippen LogP contribution < -0.4 is 15.4 Å². The average molecular weight is 421 g/mol. The van der Waals surface area contributed by atoms with E-state index in [1.807, 2.05) is 18.7 Å². The third-order valence-electron chi connectivity index (χ3n) is 4.55. The van der Waals surface area contributed by atoms with Gasteiger partial charge in [-0.15, -0.1) is 0 Å². The zero-order chi connectivity index (χ0) is 22.1. The molecule has 2 N–H and O–H groups in total. The fraction of sp³-hybridized carbons (Fsp3) is 0.571. The monoisotopic (exact) mass is 420 g/mol. The molecule has 2 rings (SSSR count). The number of hydrogen-bond donors (Lipinski definition) is 2. The Kier molecular flexibility index (Phi) is 8.91. The summed E-state index contributed by atoms with van der Waals surface area (Å²) in [6.07, 6.45) is 0.473. The molecule has 1 fully saturated rings. The molecule has 3 amide bonds. The average Bonchev–Trinajstić information content (AvgIpc) is 2.91. The maximum absolute atomic E-state index is 12.6. The molecule has 1 heterocycles. The molecule has 30 heavy (non-hydrogen) atoms. The zero-order valence-electron chi connectivity index (χ0n) is 18.2. The Labute approximate surface area is 177 Å². The van der Waals surface area contributed by atoms with Crippen LogP contribution in [0.4, 0.5) is 16.2 Å². The van der Waals surface area contributed by atoms with E-state index in [2.05, 4.69) is 10.6 Å². The van der Waals surface area contributed by atoms with Crippen LogP contribution in [0.1, 0.15) is 27.2 Å². The van der Waals surface area contributed by atoms with Gasteiger partial charge in [0.25, 0.3) is 0 Å². The van der Waals surface area contributed by atoms with E-state index in [1.54, 1.807) is 23.1 Å². The van der Waals surface area contributed by atoms with Gasteiger partial charge in [-0.25, -0.2) is 4.79 Å². The molecule has 1 aliphatic heterocycles. The highest BCUT2D eigenvalue weighted by atomic mass is 16.6. The molecule has 0 spiro atoms. The fourth-order valence-corrected chi connectivity index (χ4v) is 3.12. The quantitative estimate of drug-likeness (QED) is 0.703. The van der Waals surface area contributed by atoms with Crippen LogP contribution in [-0.4, -0.2) is 74.1 Å². The molecule has 0 saturated carbocycles. The number of anilines is 2. The first kappa shape index (κ1) is 23.5. The molecule has 1 aromatic rings. The third-order valence-corrected chi connectivity index (χ3v) is 4.55. The summed E-state index contributed by atoms with van der Waals surface area (Å²) < 4.78 is 10.6. The number of rotatable bonds is 7. The third kappa shape index (κ3) is 7.55. The molecule has 0 bridgehead atoms. The summed E-state index contributed by atoms with van der Waals surface area (Å²) in [5.41, 5.74) is 1.06. The van der Waals surface area contributed by atoms with Gasteiger partial charge >= 0.3 is 6.09 Å². The van der Waals surface area contributed by atoms with Gasteiger partial charge in [0.1, 0.15) is 5.75 Å². The number of hydrogen-bond acceptors (Lipinski definition) is 6. The molecule has 0 unspecified atom stereocenters. The standard InChI is InChI=1S/C21H32N4O5/c1-15(2)14-30-21(28)25-9-5-8-24(10-11-25)13-20(27)23-18-12-17(22-16(3)26)6-7-19(18)29-4/h6-7,12,15H,5,8-11,13-14H2,1-4H3,(H,22,26)(H,23,27). The SMILES string of the molecule is COc1ccc(NC(C)=O)cc1NC(=O)CN1CCCN(C(=O)OCC(C)C)CC1. The molecule has 0 aromatic heterocycles. The predicted molar refractivity (Wildman–Crippen MR) is 115 cm³/mol. The largest absolute Gasteiger partial charge is 0.495 e.